The zero-order valence-electron chi connectivity index (χ0n) is 36.1. The fourth-order valence-corrected chi connectivity index (χ4v) is 8.15. The molecule has 0 saturated carbocycles. The Hall–Kier alpha value is -5.90. The number of hydrogen-bond acceptors (Lipinski definition) is 4. The summed E-state index contributed by atoms with van der Waals surface area (Å²) in [5.74, 6) is 2.04. The third-order valence-electron chi connectivity index (χ3n) is 11.7. The van der Waals surface area contributed by atoms with Gasteiger partial charge in [-0.3, -0.25) is 0 Å². The van der Waals surface area contributed by atoms with Gasteiger partial charge in [0.1, 0.15) is 5.82 Å². The largest absolute Gasteiger partial charge is 0.509 e. The van der Waals surface area contributed by atoms with Crippen molar-refractivity contribution in [1.29, 1.82) is 0 Å². The summed E-state index contributed by atoms with van der Waals surface area (Å²) in [5, 5.41) is 2.23. The van der Waals surface area contributed by atoms with Crippen LogP contribution in [0.15, 0.2) is 164 Å². The fourth-order valence-electron chi connectivity index (χ4n) is 8.15. The second-order valence-electron chi connectivity index (χ2n) is 18.4. The van der Waals surface area contributed by atoms with Gasteiger partial charge in [0, 0.05) is 61.1 Å². The minimum absolute atomic E-state index is 0. The van der Waals surface area contributed by atoms with Crippen molar-refractivity contribution in [2.45, 2.75) is 71.6 Å². The molecule has 0 N–H and O–H groups in total. The molecule has 0 fully saturated rings. The number of nitrogens with zero attached hydrogens (tertiary/aromatic N) is 4. The van der Waals surface area contributed by atoms with E-state index >= 15 is 0 Å². The van der Waals surface area contributed by atoms with Crippen molar-refractivity contribution in [3.8, 4) is 28.4 Å². The summed E-state index contributed by atoms with van der Waals surface area (Å²) >= 11 is 0. The summed E-state index contributed by atoms with van der Waals surface area (Å²) in [4.78, 5) is 9.39. The molecule has 0 spiro atoms. The van der Waals surface area contributed by atoms with Crippen LogP contribution < -0.4 is 14.5 Å². The molecule has 0 saturated heterocycles. The van der Waals surface area contributed by atoms with Crippen LogP contribution in [0.4, 0.5) is 11.4 Å². The molecule has 0 radical (unpaired) electrons. The van der Waals surface area contributed by atoms with Gasteiger partial charge in [0.25, 0.3) is 0 Å². The number of para-hydroxylation sites is 1. The molecule has 1 aliphatic heterocycles. The number of aromatic nitrogens is 2. The Morgan fingerprint density at radius 3 is 1.98 bits per heavy atom. The molecule has 0 aliphatic carbocycles. The number of fused-ring (bicyclic) bond motifs is 3. The van der Waals surface area contributed by atoms with E-state index in [1.54, 1.807) is 0 Å². The van der Waals surface area contributed by atoms with Crippen LogP contribution in [0, 0.1) is 18.8 Å². The third kappa shape index (κ3) is 8.17. The molecule has 1 aliphatic rings. The third-order valence-corrected chi connectivity index (χ3v) is 11.7. The first-order valence-corrected chi connectivity index (χ1v) is 20.8. The van der Waals surface area contributed by atoms with Crippen LogP contribution in [0.3, 0.4) is 0 Å². The molecule has 6 aromatic carbocycles. The van der Waals surface area contributed by atoms with Gasteiger partial charge in [0.2, 0.25) is 0 Å². The molecule has 9 rings (SSSR count). The summed E-state index contributed by atoms with van der Waals surface area (Å²) in [6.07, 6.45) is 4.17. The summed E-state index contributed by atoms with van der Waals surface area (Å²) < 4.78 is 9.07. The Bertz CT molecular complexity index is 2880. The van der Waals surface area contributed by atoms with Crippen molar-refractivity contribution in [2.24, 2.45) is 0 Å². The predicted molar refractivity (Wildman–Crippen MR) is 249 cm³/mol. The van der Waals surface area contributed by atoms with Crippen molar-refractivity contribution < 1.29 is 25.8 Å². The Morgan fingerprint density at radius 1 is 0.574 bits per heavy atom. The second-order valence-corrected chi connectivity index (χ2v) is 18.4. The van der Waals surface area contributed by atoms with Gasteiger partial charge in [0.15, 0.2) is 0 Å². The Labute approximate surface area is 375 Å². The molecule has 6 heteroatoms. The normalized spacial score (nSPS) is 13.4. The SMILES string of the molecule is CC(C)(C)c1cccc(N2C=C(C(C)(C)c3ccccc3)N(c3[c-]c(Oc4[c-]c5c(cc4)c4ccccc4n5-c4cc(C(C)(C)C)ccn4)cc(-c4ccccc4)c3)[CH-]2)c1.[Pt]. The van der Waals surface area contributed by atoms with E-state index in [-0.39, 0.29) is 37.3 Å². The van der Waals surface area contributed by atoms with Gasteiger partial charge in [-0.1, -0.05) is 152 Å². The minimum atomic E-state index is -0.365. The van der Waals surface area contributed by atoms with Crippen molar-refractivity contribution in [2.75, 3.05) is 9.80 Å². The van der Waals surface area contributed by atoms with E-state index in [1.807, 2.05) is 18.3 Å². The summed E-state index contributed by atoms with van der Waals surface area (Å²) in [7, 11) is 0. The van der Waals surface area contributed by atoms with Crippen LogP contribution in [0.5, 0.6) is 11.5 Å². The van der Waals surface area contributed by atoms with E-state index in [9.17, 15) is 0 Å². The molecule has 8 aromatic rings. The number of ether oxygens (including phenoxy) is 1. The maximum Gasteiger partial charge on any atom is 0.135 e. The molecule has 0 amide bonds. The van der Waals surface area contributed by atoms with Gasteiger partial charge in [-0.15, -0.1) is 53.6 Å². The van der Waals surface area contributed by atoms with Gasteiger partial charge in [0.05, 0.1) is 0 Å². The molecule has 0 atom stereocenters. The van der Waals surface area contributed by atoms with E-state index < -0.39 is 0 Å². The van der Waals surface area contributed by atoms with Crippen LogP contribution in [0.1, 0.15) is 72.1 Å². The minimum Gasteiger partial charge on any atom is -0.509 e. The fraction of sp³-hybridized carbons (Fsp3) is 0.200. The number of benzene rings is 6. The molecular formula is C55H51N4OPt-3. The monoisotopic (exact) mass is 978 g/mol. The molecule has 2 aromatic heterocycles. The van der Waals surface area contributed by atoms with E-state index in [1.165, 1.54) is 16.7 Å². The number of allylic oxidation sites excluding steroid dienone is 1. The van der Waals surface area contributed by atoms with Crippen LogP contribution >= 0.6 is 0 Å². The number of rotatable bonds is 8. The van der Waals surface area contributed by atoms with Gasteiger partial charge in [-0.2, -0.15) is 6.07 Å². The molecule has 5 nitrogen and oxygen atoms in total. The molecule has 0 unspecified atom stereocenters. The number of hydrogen-bond donors (Lipinski definition) is 0. The Kier molecular flexibility index (Phi) is 11.1. The topological polar surface area (TPSA) is 33.5 Å². The van der Waals surface area contributed by atoms with Crippen LogP contribution in [0.25, 0.3) is 38.8 Å². The van der Waals surface area contributed by atoms with Crippen LogP contribution in [-0.4, -0.2) is 9.55 Å². The maximum absolute atomic E-state index is 6.87. The van der Waals surface area contributed by atoms with Gasteiger partial charge >= 0.3 is 0 Å². The molecule has 61 heavy (non-hydrogen) atoms. The first-order valence-electron chi connectivity index (χ1n) is 20.8. The van der Waals surface area contributed by atoms with Crippen LogP contribution in [-0.2, 0) is 37.3 Å². The second kappa shape index (κ2) is 16.2. The first kappa shape index (κ1) is 41.8. The molecular weight excluding hydrogens is 928 g/mol. The van der Waals surface area contributed by atoms with E-state index in [0.29, 0.717) is 11.5 Å². The van der Waals surface area contributed by atoms with Gasteiger partial charge in [-0.05, 0) is 75.0 Å². The van der Waals surface area contributed by atoms with Crippen molar-refractivity contribution in [3.05, 3.63) is 199 Å². The standard InChI is InChI=1S/C55H51N4O.Pt/c1-53(2,3)41-22-17-23-43(32-41)57-36-51(55(7,8)40-20-13-10-14-21-40)58(37-57)44-30-39(38-18-11-9-12-19-38)31-46(34-44)60-45-26-27-48-47-24-15-16-25-49(47)59(50(48)35-45)52-33-42(28-29-56-52)54(4,5)6;/h9-33,36-37H,1-8H3;/q-3;. The zero-order chi connectivity index (χ0) is 41.8. The van der Waals surface area contributed by atoms with E-state index in [0.717, 1.165) is 55.8 Å². The molecule has 310 valence electrons. The summed E-state index contributed by atoms with van der Waals surface area (Å²) in [5.41, 5.74) is 10.5. The zero-order valence-corrected chi connectivity index (χ0v) is 38.4. The van der Waals surface area contributed by atoms with E-state index in [4.69, 9.17) is 9.72 Å². The Balaban J connectivity index is 0.00000514. The summed E-state index contributed by atoms with van der Waals surface area (Å²) in [6.45, 7) is 20.2. The van der Waals surface area contributed by atoms with Crippen LogP contribution in [0.2, 0.25) is 0 Å². The van der Waals surface area contributed by atoms with Crippen molar-refractivity contribution in [3.63, 3.8) is 0 Å². The molecule has 0 bridgehead atoms. The first-order chi connectivity index (χ1) is 28.7. The maximum atomic E-state index is 6.87. The number of anilines is 2. The predicted octanol–water partition coefficient (Wildman–Crippen LogP) is 14.1. The van der Waals surface area contributed by atoms with E-state index in [2.05, 4.69) is 228 Å². The van der Waals surface area contributed by atoms with Crippen molar-refractivity contribution >= 4 is 33.2 Å². The quantitative estimate of drug-likeness (QED) is 0.142. The average molecular weight is 979 g/mol. The van der Waals surface area contributed by atoms with Gasteiger partial charge < -0.3 is 19.1 Å². The number of pyridine rings is 1. The Morgan fingerprint density at radius 2 is 1.25 bits per heavy atom. The molecule has 3 heterocycles. The smallest absolute Gasteiger partial charge is 0.135 e. The van der Waals surface area contributed by atoms with Crippen molar-refractivity contribution in [1.82, 2.24) is 9.55 Å². The van der Waals surface area contributed by atoms with Gasteiger partial charge in [-0.25, -0.2) is 4.98 Å². The average Bonchev–Trinajstić information content (AvgIpc) is 3.85. The summed E-state index contributed by atoms with van der Waals surface area (Å²) in [6, 6.07) is 58.6.